The van der Waals surface area contributed by atoms with E-state index in [-0.39, 0.29) is 0 Å². The van der Waals surface area contributed by atoms with Gasteiger partial charge in [-0.2, -0.15) is 0 Å². The molecule has 3 heteroatoms. The van der Waals surface area contributed by atoms with E-state index in [0.717, 1.165) is 83.9 Å². The van der Waals surface area contributed by atoms with E-state index < -0.39 is 5.41 Å². The number of nitrogens with zero attached hydrogens (tertiary/aromatic N) is 1. The van der Waals surface area contributed by atoms with Crippen LogP contribution in [-0.2, 0) is 5.41 Å². The molecule has 0 fully saturated rings. The highest BCUT2D eigenvalue weighted by molar-refractivity contribution is 6.12. The Morgan fingerprint density at radius 3 is 1.62 bits per heavy atom. The van der Waals surface area contributed by atoms with Crippen LogP contribution in [0.25, 0.3) is 66.4 Å². The average Bonchev–Trinajstić information content (AvgIpc) is 3.89. The maximum Gasteiger partial charge on any atom is 0.143 e. The maximum atomic E-state index is 7.06. The summed E-state index contributed by atoms with van der Waals surface area (Å²) in [6.45, 7) is 0. The number of ether oxygens (including phenoxy) is 1. The SMILES string of the molecule is c1ccc(-c2ccc(-c3cc(N(c4cccc(-c5ccccc5)c4)c4ccc5c(c4)Oc4ccccc4C54c5ccccc5-c5ccccc54)cc4c3oc3ccccc34)cc2)cc1. The van der Waals surface area contributed by atoms with Crippen molar-refractivity contribution in [2.45, 2.75) is 5.41 Å². The fourth-order valence-electron chi connectivity index (χ4n) is 10.5. The van der Waals surface area contributed by atoms with E-state index >= 15 is 0 Å². The summed E-state index contributed by atoms with van der Waals surface area (Å²) in [6, 6.07) is 85.0. The number of para-hydroxylation sites is 2. The molecule has 3 nitrogen and oxygen atoms in total. The van der Waals surface area contributed by atoms with Gasteiger partial charge >= 0.3 is 0 Å². The van der Waals surface area contributed by atoms with E-state index in [2.05, 4.69) is 235 Å². The highest BCUT2D eigenvalue weighted by Crippen LogP contribution is 2.62. The smallest absolute Gasteiger partial charge is 0.143 e. The lowest BCUT2D eigenvalue weighted by atomic mass is 9.66. The van der Waals surface area contributed by atoms with Crippen molar-refractivity contribution in [2.75, 3.05) is 4.90 Å². The van der Waals surface area contributed by atoms with Crippen molar-refractivity contribution in [1.82, 2.24) is 0 Å². The van der Waals surface area contributed by atoms with Crippen molar-refractivity contribution < 1.29 is 9.15 Å². The molecule has 0 saturated carbocycles. The summed E-state index contributed by atoms with van der Waals surface area (Å²) in [6.07, 6.45) is 0. The molecule has 0 amide bonds. The van der Waals surface area contributed by atoms with Crippen molar-refractivity contribution in [2.24, 2.45) is 0 Å². The standard InChI is InChI=1S/C61H39NO2/c1-3-16-40(17-4-1)42-30-32-43(33-31-42)51-37-47(38-52-50-24-9-13-28-57(50)64-60(51)52)62(45-21-15-20-44(36-45)41-18-5-2-6-19-41)46-34-35-56-59(39-46)63-58-29-14-12-27-55(58)61(56)53-25-10-7-22-48(53)49-23-8-11-26-54(49)61/h1-39H. The van der Waals surface area contributed by atoms with Crippen LogP contribution in [0.5, 0.6) is 11.5 Å². The highest BCUT2D eigenvalue weighted by Gasteiger charge is 2.51. The molecule has 300 valence electrons. The molecular weight excluding hydrogens is 779 g/mol. The number of anilines is 3. The van der Waals surface area contributed by atoms with Crippen molar-refractivity contribution in [3.63, 3.8) is 0 Å². The van der Waals surface area contributed by atoms with E-state index in [4.69, 9.17) is 9.15 Å². The first-order valence-corrected chi connectivity index (χ1v) is 21.9. The van der Waals surface area contributed by atoms with Crippen LogP contribution in [-0.4, -0.2) is 0 Å². The fraction of sp³-hybridized carbons (Fsp3) is 0.0164. The van der Waals surface area contributed by atoms with Crippen LogP contribution in [0.2, 0.25) is 0 Å². The summed E-state index contributed by atoms with van der Waals surface area (Å²) in [5, 5.41) is 2.13. The van der Waals surface area contributed by atoms with Gasteiger partial charge in [0.2, 0.25) is 0 Å². The zero-order valence-electron chi connectivity index (χ0n) is 34.8. The van der Waals surface area contributed by atoms with Gasteiger partial charge in [0.1, 0.15) is 22.7 Å². The van der Waals surface area contributed by atoms with Crippen molar-refractivity contribution in [1.29, 1.82) is 0 Å². The molecule has 1 aromatic heterocycles. The Balaban J connectivity index is 1.06. The molecule has 11 aromatic rings. The minimum atomic E-state index is -0.554. The van der Waals surface area contributed by atoms with E-state index in [9.17, 15) is 0 Å². The van der Waals surface area contributed by atoms with Gasteiger partial charge in [0.15, 0.2) is 0 Å². The predicted octanol–water partition coefficient (Wildman–Crippen LogP) is 16.5. The summed E-state index contributed by atoms with van der Waals surface area (Å²) in [4.78, 5) is 2.38. The second kappa shape index (κ2) is 14.3. The number of fused-ring (bicyclic) bond motifs is 12. The number of hydrogen-bond acceptors (Lipinski definition) is 3. The minimum Gasteiger partial charge on any atom is -0.457 e. The van der Waals surface area contributed by atoms with Gasteiger partial charge in [0.05, 0.1) is 5.41 Å². The second-order valence-electron chi connectivity index (χ2n) is 16.8. The molecule has 0 unspecified atom stereocenters. The molecule has 1 aliphatic heterocycles. The van der Waals surface area contributed by atoms with Crippen LogP contribution in [0.1, 0.15) is 22.3 Å². The zero-order chi connectivity index (χ0) is 42.2. The Kier molecular flexibility index (Phi) is 8.13. The van der Waals surface area contributed by atoms with Gasteiger partial charge in [-0.1, -0.05) is 188 Å². The third-order valence-electron chi connectivity index (χ3n) is 13.3. The summed E-state index contributed by atoms with van der Waals surface area (Å²) < 4.78 is 13.8. The minimum absolute atomic E-state index is 0.554. The molecular formula is C61H39NO2. The Morgan fingerprint density at radius 2 is 0.875 bits per heavy atom. The van der Waals surface area contributed by atoms with Crippen LogP contribution < -0.4 is 9.64 Å². The number of rotatable bonds is 6. The highest BCUT2D eigenvalue weighted by atomic mass is 16.5. The Labute approximate surface area is 371 Å². The molecule has 1 aliphatic carbocycles. The molecule has 64 heavy (non-hydrogen) atoms. The van der Waals surface area contributed by atoms with Crippen LogP contribution in [0.4, 0.5) is 17.1 Å². The lowest BCUT2D eigenvalue weighted by Gasteiger charge is -2.40. The normalized spacial score (nSPS) is 12.9. The Morgan fingerprint density at radius 1 is 0.312 bits per heavy atom. The molecule has 2 aliphatic rings. The first-order valence-electron chi connectivity index (χ1n) is 21.9. The predicted molar refractivity (Wildman–Crippen MR) is 262 cm³/mol. The zero-order valence-corrected chi connectivity index (χ0v) is 34.8. The molecule has 0 atom stereocenters. The molecule has 10 aromatic carbocycles. The second-order valence-corrected chi connectivity index (χ2v) is 16.8. The molecule has 0 saturated heterocycles. The number of benzene rings is 10. The van der Waals surface area contributed by atoms with Crippen LogP contribution in [0.15, 0.2) is 241 Å². The lowest BCUT2D eigenvalue weighted by molar-refractivity contribution is 0.436. The lowest BCUT2D eigenvalue weighted by Crippen LogP contribution is -2.32. The van der Waals surface area contributed by atoms with Crippen LogP contribution >= 0.6 is 0 Å². The third kappa shape index (κ3) is 5.47. The first-order chi connectivity index (χ1) is 31.7. The third-order valence-corrected chi connectivity index (χ3v) is 13.3. The summed E-state index contributed by atoms with van der Waals surface area (Å²) in [5.74, 6) is 1.70. The van der Waals surface area contributed by atoms with E-state index in [1.807, 2.05) is 6.07 Å². The molecule has 0 bridgehead atoms. The number of furan rings is 1. The van der Waals surface area contributed by atoms with Gasteiger partial charge in [-0.05, 0) is 92.5 Å². The van der Waals surface area contributed by atoms with Gasteiger partial charge in [-0.25, -0.2) is 0 Å². The van der Waals surface area contributed by atoms with Gasteiger partial charge in [0, 0.05) is 50.6 Å². The van der Waals surface area contributed by atoms with E-state index in [0.29, 0.717) is 0 Å². The quantitative estimate of drug-likeness (QED) is 0.167. The molecule has 0 radical (unpaired) electrons. The Bertz CT molecular complexity index is 3540. The molecule has 0 N–H and O–H groups in total. The average molecular weight is 818 g/mol. The Hall–Kier alpha value is -8.40. The van der Waals surface area contributed by atoms with Gasteiger partial charge < -0.3 is 14.1 Å². The summed E-state index contributed by atoms with van der Waals surface area (Å²) in [5.41, 5.74) is 18.3. The van der Waals surface area contributed by atoms with Crippen LogP contribution in [0, 0.1) is 0 Å². The summed E-state index contributed by atoms with van der Waals surface area (Å²) in [7, 11) is 0. The van der Waals surface area contributed by atoms with Crippen molar-refractivity contribution in [3.05, 3.63) is 259 Å². The van der Waals surface area contributed by atoms with Crippen LogP contribution in [0.3, 0.4) is 0 Å². The first kappa shape index (κ1) is 36.3. The summed E-state index contributed by atoms with van der Waals surface area (Å²) >= 11 is 0. The topological polar surface area (TPSA) is 25.6 Å². The molecule has 1 spiro atoms. The van der Waals surface area contributed by atoms with Crippen molar-refractivity contribution in [3.8, 4) is 56.0 Å². The molecule has 2 heterocycles. The number of hydrogen-bond donors (Lipinski definition) is 0. The largest absolute Gasteiger partial charge is 0.457 e. The van der Waals surface area contributed by atoms with Gasteiger partial charge in [-0.3, -0.25) is 0 Å². The van der Waals surface area contributed by atoms with E-state index in [1.165, 1.54) is 33.4 Å². The van der Waals surface area contributed by atoms with E-state index in [1.54, 1.807) is 0 Å². The van der Waals surface area contributed by atoms with Gasteiger partial charge in [0.25, 0.3) is 0 Å². The molecule has 13 rings (SSSR count). The maximum absolute atomic E-state index is 7.06. The van der Waals surface area contributed by atoms with Crippen molar-refractivity contribution >= 4 is 39.0 Å². The van der Waals surface area contributed by atoms with Gasteiger partial charge in [-0.15, -0.1) is 0 Å². The monoisotopic (exact) mass is 817 g/mol. The fourth-order valence-corrected chi connectivity index (χ4v) is 10.5.